The van der Waals surface area contributed by atoms with Crippen LogP contribution in [0.4, 0.5) is 5.69 Å². The number of hydrogen-bond acceptors (Lipinski definition) is 5. The van der Waals surface area contributed by atoms with Crippen molar-refractivity contribution in [1.82, 2.24) is 0 Å². The molecule has 1 amide bonds. The monoisotopic (exact) mass is 427 g/mol. The van der Waals surface area contributed by atoms with Crippen LogP contribution in [0.2, 0.25) is 5.02 Å². The molecule has 3 aromatic carbocycles. The van der Waals surface area contributed by atoms with Crippen LogP contribution in [0.25, 0.3) is 0 Å². The minimum absolute atomic E-state index is 0.198. The summed E-state index contributed by atoms with van der Waals surface area (Å²) >= 11 is 7.45. The first-order valence-electron chi connectivity index (χ1n) is 8.67. The number of benzene rings is 3. The Hall–Kier alpha value is -2.96. The van der Waals surface area contributed by atoms with Crippen molar-refractivity contribution in [3.63, 3.8) is 0 Å². The van der Waals surface area contributed by atoms with E-state index in [9.17, 15) is 9.59 Å². The van der Waals surface area contributed by atoms with Crippen LogP contribution in [-0.4, -0.2) is 25.9 Å². The van der Waals surface area contributed by atoms with Crippen molar-refractivity contribution in [2.75, 3.05) is 19.0 Å². The van der Waals surface area contributed by atoms with Crippen LogP contribution in [0.1, 0.15) is 10.4 Å². The Labute approximate surface area is 178 Å². The predicted octanol–water partition coefficient (Wildman–Crippen LogP) is 5.33. The van der Waals surface area contributed by atoms with Crippen LogP contribution in [0, 0.1) is 0 Å². The SMILES string of the molecule is COc1cc(C=O)ccc1OCC(=O)Nc1ccccc1Sc1ccc(Cl)cc1. The number of hydrogen-bond donors (Lipinski definition) is 1. The van der Waals surface area contributed by atoms with Crippen LogP contribution >= 0.6 is 23.4 Å². The van der Waals surface area contributed by atoms with Gasteiger partial charge >= 0.3 is 0 Å². The Morgan fingerprint density at radius 2 is 1.83 bits per heavy atom. The van der Waals surface area contributed by atoms with Gasteiger partial charge in [-0.05, 0) is 54.6 Å². The van der Waals surface area contributed by atoms with E-state index in [-0.39, 0.29) is 12.5 Å². The summed E-state index contributed by atoms with van der Waals surface area (Å²) in [6.07, 6.45) is 0.717. The van der Waals surface area contributed by atoms with Crippen LogP contribution < -0.4 is 14.8 Å². The number of aldehydes is 1. The molecule has 3 aromatic rings. The zero-order valence-electron chi connectivity index (χ0n) is 15.6. The second-order valence-corrected chi connectivity index (χ2v) is 7.47. The number of rotatable bonds is 8. The maximum atomic E-state index is 12.4. The average Bonchev–Trinajstić information content (AvgIpc) is 2.75. The predicted molar refractivity (Wildman–Crippen MR) is 115 cm³/mol. The van der Waals surface area contributed by atoms with E-state index in [0.717, 1.165) is 9.79 Å². The van der Waals surface area contributed by atoms with E-state index in [0.29, 0.717) is 34.1 Å². The van der Waals surface area contributed by atoms with E-state index in [1.165, 1.54) is 18.9 Å². The molecule has 0 unspecified atom stereocenters. The minimum Gasteiger partial charge on any atom is -0.493 e. The van der Waals surface area contributed by atoms with Crippen molar-refractivity contribution in [1.29, 1.82) is 0 Å². The van der Waals surface area contributed by atoms with Crippen molar-refractivity contribution < 1.29 is 19.1 Å². The first kappa shape index (κ1) is 20.8. The molecule has 0 atom stereocenters. The van der Waals surface area contributed by atoms with E-state index in [1.54, 1.807) is 18.2 Å². The first-order valence-corrected chi connectivity index (χ1v) is 9.87. The van der Waals surface area contributed by atoms with Crippen molar-refractivity contribution >= 4 is 41.2 Å². The third kappa shape index (κ3) is 5.76. The fourth-order valence-electron chi connectivity index (χ4n) is 2.49. The Balaban J connectivity index is 1.65. The molecular formula is C22H18ClNO4S. The van der Waals surface area contributed by atoms with E-state index < -0.39 is 0 Å². The van der Waals surface area contributed by atoms with Crippen LogP contribution in [0.15, 0.2) is 76.5 Å². The van der Waals surface area contributed by atoms with Gasteiger partial charge in [0.1, 0.15) is 6.29 Å². The lowest BCUT2D eigenvalue weighted by molar-refractivity contribution is -0.118. The average molecular weight is 428 g/mol. The van der Waals surface area contributed by atoms with Gasteiger partial charge in [0.25, 0.3) is 5.91 Å². The van der Waals surface area contributed by atoms with Gasteiger partial charge in [0.05, 0.1) is 12.8 Å². The first-order chi connectivity index (χ1) is 14.1. The maximum absolute atomic E-state index is 12.4. The molecule has 5 nitrogen and oxygen atoms in total. The molecule has 1 N–H and O–H groups in total. The molecule has 148 valence electrons. The molecule has 0 bridgehead atoms. The Morgan fingerprint density at radius 1 is 1.07 bits per heavy atom. The van der Waals surface area contributed by atoms with Crippen LogP contribution in [0.5, 0.6) is 11.5 Å². The smallest absolute Gasteiger partial charge is 0.262 e. The minimum atomic E-state index is -0.310. The largest absolute Gasteiger partial charge is 0.493 e. The zero-order chi connectivity index (χ0) is 20.6. The number of amides is 1. The number of nitrogens with one attached hydrogen (secondary N) is 1. The molecule has 0 spiro atoms. The van der Waals surface area contributed by atoms with Gasteiger partial charge < -0.3 is 14.8 Å². The van der Waals surface area contributed by atoms with Gasteiger partial charge in [-0.15, -0.1) is 0 Å². The fraction of sp³-hybridized carbons (Fsp3) is 0.0909. The maximum Gasteiger partial charge on any atom is 0.262 e. The van der Waals surface area contributed by atoms with E-state index >= 15 is 0 Å². The molecule has 0 fully saturated rings. The third-order valence-corrected chi connectivity index (χ3v) is 5.22. The molecule has 0 heterocycles. The van der Waals surface area contributed by atoms with Gasteiger partial charge in [0, 0.05) is 20.4 Å². The summed E-state index contributed by atoms with van der Waals surface area (Å²) in [6, 6.07) is 19.7. The van der Waals surface area contributed by atoms with Gasteiger partial charge in [-0.3, -0.25) is 9.59 Å². The molecule has 0 aromatic heterocycles. The second kappa shape index (κ2) is 10.0. The standard InChI is InChI=1S/C22H18ClNO4S/c1-27-20-12-15(13-25)6-11-19(20)28-14-22(26)24-18-4-2-3-5-21(18)29-17-9-7-16(23)8-10-17/h2-13H,14H2,1H3,(H,24,26). The molecule has 3 rings (SSSR count). The van der Waals surface area contributed by atoms with Crippen molar-refractivity contribution in [3.05, 3.63) is 77.3 Å². The third-order valence-electron chi connectivity index (χ3n) is 3.89. The summed E-state index contributed by atoms with van der Waals surface area (Å²) in [5, 5.41) is 3.54. The highest BCUT2D eigenvalue weighted by molar-refractivity contribution is 7.99. The summed E-state index contributed by atoms with van der Waals surface area (Å²) in [4.78, 5) is 25.2. The molecule has 0 aliphatic heterocycles. The summed E-state index contributed by atoms with van der Waals surface area (Å²) in [5.74, 6) is 0.467. The number of anilines is 1. The highest BCUT2D eigenvalue weighted by Crippen LogP contribution is 2.34. The quantitative estimate of drug-likeness (QED) is 0.492. The lowest BCUT2D eigenvalue weighted by atomic mass is 10.2. The highest BCUT2D eigenvalue weighted by atomic mass is 35.5. The second-order valence-electron chi connectivity index (χ2n) is 5.92. The van der Waals surface area contributed by atoms with E-state index in [2.05, 4.69) is 5.32 Å². The van der Waals surface area contributed by atoms with Gasteiger partial charge in [0.2, 0.25) is 0 Å². The summed E-state index contributed by atoms with van der Waals surface area (Å²) < 4.78 is 10.8. The molecular weight excluding hydrogens is 410 g/mol. The van der Waals surface area contributed by atoms with Crippen LogP contribution in [0.3, 0.4) is 0 Å². The number of carbonyl (C=O) groups excluding carboxylic acids is 2. The van der Waals surface area contributed by atoms with Crippen molar-refractivity contribution in [2.24, 2.45) is 0 Å². The van der Waals surface area contributed by atoms with Gasteiger partial charge in [-0.25, -0.2) is 0 Å². The van der Waals surface area contributed by atoms with E-state index in [1.807, 2.05) is 48.5 Å². The Morgan fingerprint density at radius 3 is 2.55 bits per heavy atom. The van der Waals surface area contributed by atoms with Gasteiger partial charge in [-0.1, -0.05) is 35.5 Å². The Bertz CT molecular complexity index is 1010. The normalized spacial score (nSPS) is 10.3. The lowest BCUT2D eigenvalue weighted by Crippen LogP contribution is -2.20. The molecule has 0 aliphatic carbocycles. The van der Waals surface area contributed by atoms with Gasteiger partial charge in [-0.2, -0.15) is 0 Å². The van der Waals surface area contributed by atoms with Crippen molar-refractivity contribution in [3.8, 4) is 11.5 Å². The number of carbonyl (C=O) groups is 2. The molecule has 0 saturated carbocycles. The highest BCUT2D eigenvalue weighted by Gasteiger charge is 2.11. The molecule has 0 saturated heterocycles. The zero-order valence-corrected chi connectivity index (χ0v) is 17.1. The lowest BCUT2D eigenvalue weighted by Gasteiger charge is -2.13. The molecule has 29 heavy (non-hydrogen) atoms. The summed E-state index contributed by atoms with van der Waals surface area (Å²) in [5.41, 5.74) is 1.15. The number of halogens is 1. The van der Waals surface area contributed by atoms with E-state index in [4.69, 9.17) is 21.1 Å². The fourth-order valence-corrected chi connectivity index (χ4v) is 3.52. The molecule has 0 aliphatic rings. The summed E-state index contributed by atoms with van der Waals surface area (Å²) in [7, 11) is 1.47. The topological polar surface area (TPSA) is 64.6 Å². The molecule has 0 radical (unpaired) electrons. The van der Waals surface area contributed by atoms with Crippen LogP contribution in [-0.2, 0) is 4.79 Å². The number of methoxy groups -OCH3 is 1. The number of para-hydroxylation sites is 1. The molecule has 7 heteroatoms. The van der Waals surface area contributed by atoms with Crippen molar-refractivity contribution in [2.45, 2.75) is 9.79 Å². The van der Waals surface area contributed by atoms with Gasteiger partial charge in [0.15, 0.2) is 18.1 Å². The summed E-state index contributed by atoms with van der Waals surface area (Å²) in [6.45, 7) is -0.198. The Kier molecular flexibility index (Phi) is 7.16. The number of ether oxygens (including phenoxy) is 2.